The Kier molecular flexibility index (Phi) is 5.77. The Morgan fingerprint density at radius 1 is 1.05 bits per heavy atom. The molecule has 0 saturated carbocycles. The van der Waals surface area contributed by atoms with E-state index >= 15 is 0 Å². The largest absolute Gasteiger partial charge is 0.533 e. The molecule has 8 nitrogen and oxygen atoms in total. The molecule has 0 atom stereocenters. The number of hydrogen-bond acceptors (Lipinski definition) is 7. The average molecular weight is 273 g/mol. The fraction of sp³-hybridized carbons (Fsp3) is 0.636. The summed E-state index contributed by atoms with van der Waals surface area (Å²) in [6.45, 7) is 1.60. The molecule has 1 aliphatic heterocycles. The Hall–Kier alpha value is -2.12. The predicted molar refractivity (Wildman–Crippen MR) is 59.4 cm³/mol. The van der Waals surface area contributed by atoms with Crippen LogP contribution in [0.1, 0.15) is 32.6 Å². The first kappa shape index (κ1) is 14.9. The lowest BCUT2D eigenvalue weighted by molar-refractivity contribution is -0.177. The quantitative estimate of drug-likeness (QED) is 0.395. The van der Waals surface area contributed by atoms with Crippen LogP contribution < -0.4 is 0 Å². The van der Waals surface area contributed by atoms with E-state index in [2.05, 4.69) is 14.3 Å². The van der Waals surface area contributed by atoms with E-state index in [0.717, 1.165) is 0 Å². The van der Waals surface area contributed by atoms with Gasteiger partial charge in [0.1, 0.15) is 0 Å². The topological polar surface area (TPSA) is 99.2 Å². The highest BCUT2D eigenvalue weighted by atomic mass is 16.8. The van der Waals surface area contributed by atoms with Crippen LogP contribution >= 0.6 is 0 Å². The van der Waals surface area contributed by atoms with Gasteiger partial charge < -0.3 is 9.47 Å². The summed E-state index contributed by atoms with van der Waals surface area (Å²) in [5, 5.41) is 0.418. The van der Waals surface area contributed by atoms with Gasteiger partial charge in [0.15, 0.2) is 0 Å². The van der Waals surface area contributed by atoms with Gasteiger partial charge in [-0.25, -0.2) is 4.79 Å². The van der Waals surface area contributed by atoms with Crippen LogP contribution in [0, 0.1) is 0 Å². The van der Waals surface area contributed by atoms with Crippen LogP contribution in [-0.2, 0) is 28.7 Å². The Labute approximate surface area is 109 Å². The third-order valence-corrected chi connectivity index (χ3v) is 2.24. The first-order valence-electron chi connectivity index (χ1n) is 5.84. The molecule has 0 radical (unpaired) electrons. The Morgan fingerprint density at radius 3 is 2.11 bits per heavy atom. The molecule has 0 bridgehead atoms. The first-order valence-corrected chi connectivity index (χ1v) is 5.84. The maximum Gasteiger partial charge on any atom is 0.533 e. The first-order chi connectivity index (χ1) is 9.00. The fourth-order valence-electron chi connectivity index (χ4n) is 1.33. The molecular weight excluding hydrogens is 258 g/mol. The maximum atomic E-state index is 11.2. The normalized spacial score (nSPS) is 14.5. The van der Waals surface area contributed by atoms with Crippen molar-refractivity contribution in [2.75, 3.05) is 13.2 Å². The van der Waals surface area contributed by atoms with Crippen molar-refractivity contribution in [1.82, 2.24) is 5.06 Å². The van der Waals surface area contributed by atoms with Gasteiger partial charge in [-0.2, -0.15) is 0 Å². The molecule has 0 spiro atoms. The number of esters is 1. The molecule has 0 unspecified atom stereocenters. The van der Waals surface area contributed by atoms with E-state index in [0.29, 0.717) is 17.9 Å². The van der Waals surface area contributed by atoms with Crippen molar-refractivity contribution < 1.29 is 33.5 Å². The number of rotatable bonds is 6. The molecule has 1 aliphatic rings. The van der Waals surface area contributed by atoms with Crippen molar-refractivity contribution in [2.24, 2.45) is 0 Å². The van der Waals surface area contributed by atoms with Crippen LogP contribution in [0.3, 0.4) is 0 Å². The maximum absolute atomic E-state index is 11.2. The second-order valence-corrected chi connectivity index (χ2v) is 3.82. The molecule has 0 N–H and O–H groups in total. The van der Waals surface area contributed by atoms with E-state index in [9.17, 15) is 19.2 Å². The molecule has 2 amide bonds. The van der Waals surface area contributed by atoms with Gasteiger partial charge in [0.05, 0.1) is 13.2 Å². The zero-order valence-electron chi connectivity index (χ0n) is 10.5. The van der Waals surface area contributed by atoms with Gasteiger partial charge in [0.25, 0.3) is 11.8 Å². The SMILES string of the molecule is CC(=O)OCCCCOC(=O)ON1C(=O)CCC1=O. The van der Waals surface area contributed by atoms with Crippen LogP contribution in [-0.4, -0.2) is 42.2 Å². The number of carbonyl (C=O) groups excluding carboxylic acids is 4. The lowest BCUT2D eigenvalue weighted by atomic mass is 10.3. The van der Waals surface area contributed by atoms with Crippen molar-refractivity contribution in [3.63, 3.8) is 0 Å². The third kappa shape index (κ3) is 5.36. The highest BCUT2D eigenvalue weighted by Gasteiger charge is 2.33. The highest BCUT2D eigenvalue weighted by Crippen LogP contribution is 2.12. The zero-order chi connectivity index (χ0) is 14.3. The summed E-state index contributed by atoms with van der Waals surface area (Å²) < 4.78 is 9.34. The van der Waals surface area contributed by atoms with Crippen molar-refractivity contribution >= 4 is 23.9 Å². The van der Waals surface area contributed by atoms with E-state index in [1.165, 1.54) is 6.92 Å². The number of carbonyl (C=O) groups is 4. The van der Waals surface area contributed by atoms with Crippen molar-refractivity contribution in [3.05, 3.63) is 0 Å². The average Bonchev–Trinajstić information content (AvgIpc) is 2.65. The Bertz CT molecular complexity index is 363. The molecule has 1 rings (SSSR count). The molecule has 19 heavy (non-hydrogen) atoms. The monoisotopic (exact) mass is 273 g/mol. The van der Waals surface area contributed by atoms with Crippen LogP contribution in [0.4, 0.5) is 4.79 Å². The third-order valence-electron chi connectivity index (χ3n) is 2.24. The summed E-state index contributed by atoms with van der Waals surface area (Å²) in [7, 11) is 0. The van der Waals surface area contributed by atoms with Crippen molar-refractivity contribution in [3.8, 4) is 0 Å². The van der Waals surface area contributed by atoms with E-state index < -0.39 is 18.0 Å². The molecule has 0 aromatic carbocycles. The number of hydrogen-bond donors (Lipinski definition) is 0. The number of amides is 2. The Morgan fingerprint density at radius 2 is 1.58 bits per heavy atom. The second kappa shape index (κ2) is 7.34. The van der Waals surface area contributed by atoms with Gasteiger partial charge >= 0.3 is 12.1 Å². The lowest BCUT2D eigenvalue weighted by Gasteiger charge is -2.12. The highest BCUT2D eigenvalue weighted by molar-refractivity contribution is 6.01. The van der Waals surface area contributed by atoms with Crippen LogP contribution in [0.2, 0.25) is 0 Å². The molecule has 8 heteroatoms. The fourth-order valence-corrected chi connectivity index (χ4v) is 1.33. The van der Waals surface area contributed by atoms with E-state index in [4.69, 9.17) is 0 Å². The summed E-state index contributed by atoms with van der Waals surface area (Å²) in [4.78, 5) is 48.3. The van der Waals surface area contributed by atoms with Crippen LogP contribution in [0.15, 0.2) is 0 Å². The number of imide groups is 1. The van der Waals surface area contributed by atoms with Gasteiger partial charge in [-0.15, -0.1) is 0 Å². The van der Waals surface area contributed by atoms with Crippen LogP contribution in [0.5, 0.6) is 0 Å². The summed E-state index contributed by atoms with van der Waals surface area (Å²) >= 11 is 0. The van der Waals surface area contributed by atoms with Gasteiger partial charge in [0, 0.05) is 19.8 Å². The van der Waals surface area contributed by atoms with Crippen LogP contribution in [0.25, 0.3) is 0 Å². The summed E-state index contributed by atoms with van der Waals surface area (Å²) in [6, 6.07) is 0. The molecule has 0 aromatic rings. The minimum absolute atomic E-state index is 0.0362. The second-order valence-electron chi connectivity index (χ2n) is 3.82. The molecule has 0 aromatic heterocycles. The smallest absolute Gasteiger partial charge is 0.466 e. The van der Waals surface area contributed by atoms with Crippen molar-refractivity contribution in [2.45, 2.75) is 32.6 Å². The molecule has 0 aliphatic carbocycles. The summed E-state index contributed by atoms with van der Waals surface area (Å²) in [6.07, 6.45) is -0.0158. The van der Waals surface area contributed by atoms with Gasteiger partial charge in [-0.05, 0) is 12.8 Å². The molecule has 106 valence electrons. The Balaban J connectivity index is 2.10. The zero-order valence-corrected chi connectivity index (χ0v) is 10.5. The van der Waals surface area contributed by atoms with Crippen molar-refractivity contribution in [1.29, 1.82) is 0 Å². The summed E-state index contributed by atoms with van der Waals surface area (Å²) in [5.41, 5.74) is 0. The van der Waals surface area contributed by atoms with E-state index in [1.54, 1.807) is 0 Å². The number of unbranched alkanes of at least 4 members (excludes halogenated alkanes) is 1. The van der Waals surface area contributed by atoms with E-state index in [-0.39, 0.29) is 32.0 Å². The number of nitrogens with zero attached hydrogens (tertiary/aromatic N) is 1. The molecular formula is C11H15NO7. The minimum atomic E-state index is -1.10. The lowest BCUT2D eigenvalue weighted by Crippen LogP contribution is -2.32. The predicted octanol–water partition coefficient (Wildman–Crippen LogP) is 0.547. The standard InChI is InChI=1S/C11H15NO7/c1-8(13)17-6-2-3-7-18-11(16)19-12-9(14)4-5-10(12)15/h2-7H2,1H3. The number of ether oxygens (including phenoxy) is 2. The van der Waals surface area contributed by atoms with E-state index in [1.807, 2.05) is 0 Å². The number of hydroxylamine groups is 2. The minimum Gasteiger partial charge on any atom is -0.466 e. The summed E-state index contributed by atoms with van der Waals surface area (Å²) in [5.74, 6) is -1.49. The van der Waals surface area contributed by atoms with Gasteiger partial charge in [-0.3, -0.25) is 19.2 Å². The van der Waals surface area contributed by atoms with Gasteiger partial charge in [-0.1, -0.05) is 5.06 Å². The molecule has 1 saturated heterocycles. The van der Waals surface area contributed by atoms with Gasteiger partial charge in [0.2, 0.25) is 0 Å². The molecule has 1 fully saturated rings. The molecule has 1 heterocycles.